The first kappa shape index (κ1) is 29.1. The molecule has 0 saturated carbocycles. The van der Waals surface area contributed by atoms with Gasteiger partial charge in [0.15, 0.2) is 0 Å². The normalized spacial score (nSPS) is 17.0. The minimum absolute atomic E-state index is 0.191. The van der Waals surface area contributed by atoms with Gasteiger partial charge < -0.3 is 25.2 Å². The quantitative estimate of drug-likeness (QED) is 0.229. The van der Waals surface area contributed by atoms with Crippen molar-refractivity contribution in [2.24, 2.45) is 5.41 Å². The number of halogens is 1. The van der Waals surface area contributed by atoms with E-state index in [9.17, 15) is 24.6 Å². The number of carbonyl (C=O) groups is 3. The van der Waals surface area contributed by atoms with Crippen LogP contribution in [0, 0.1) is 5.41 Å². The van der Waals surface area contributed by atoms with Crippen LogP contribution in [0.15, 0.2) is 78.9 Å². The molecule has 1 aliphatic rings. The third-order valence-electron chi connectivity index (χ3n) is 7.03. The fourth-order valence-corrected chi connectivity index (χ4v) is 5.41. The molecule has 2 atom stereocenters. The Bertz CT molecular complexity index is 1690. The smallest absolute Gasteiger partial charge is 0.339 e. The third kappa shape index (κ3) is 6.10. The van der Waals surface area contributed by atoms with Crippen molar-refractivity contribution in [1.29, 1.82) is 0 Å². The summed E-state index contributed by atoms with van der Waals surface area (Å²) in [6.07, 6.45) is -2.19. The van der Waals surface area contributed by atoms with Gasteiger partial charge in [0.25, 0.3) is 5.91 Å². The van der Waals surface area contributed by atoms with Crippen molar-refractivity contribution in [1.82, 2.24) is 0 Å². The lowest BCUT2D eigenvalue weighted by Gasteiger charge is -2.31. The van der Waals surface area contributed by atoms with E-state index in [4.69, 9.17) is 16.3 Å². The second-order valence-electron chi connectivity index (χ2n) is 11.6. The van der Waals surface area contributed by atoms with Crippen molar-refractivity contribution in [2.45, 2.75) is 39.4 Å². The van der Waals surface area contributed by atoms with E-state index in [1.807, 2.05) is 75.4 Å². The summed E-state index contributed by atoms with van der Waals surface area (Å²) in [5.41, 5.74) is 1.84. The number of ether oxygens (including phenoxy) is 1. The van der Waals surface area contributed by atoms with Crippen LogP contribution in [0.1, 0.15) is 54.8 Å². The molecular formula is C33H31ClN2O6. The molecule has 2 amide bonds. The van der Waals surface area contributed by atoms with Crippen molar-refractivity contribution >= 4 is 51.5 Å². The van der Waals surface area contributed by atoms with Crippen LogP contribution in [0.4, 0.5) is 11.4 Å². The lowest BCUT2D eigenvalue weighted by Crippen LogP contribution is -2.44. The Labute approximate surface area is 248 Å². The number of phenols is 1. The van der Waals surface area contributed by atoms with Crippen LogP contribution in [-0.4, -0.2) is 40.6 Å². The number of carboxylic acids is 1. The number of fused-ring (bicyclic) bond motifs is 2. The number of rotatable bonds is 6. The fraction of sp³-hybridized carbons (Fsp3) is 0.242. The number of hydrogen-bond acceptors (Lipinski definition) is 5. The first-order valence-corrected chi connectivity index (χ1v) is 13.9. The average molecular weight is 587 g/mol. The van der Waals surface area contributed by atoms with E-state index in [2.05, 4.69) is 5.32 Å². The van der Waals surface area contributed by atoms with Gasteiger partial charge in [-0.25, -0.2) is 4.79 Å². The van der Waals surface area contributed by atoms with Crippen molar-refractivity contribution in [2.75, 3.05) is 16.8 Å². The number of benzene rings is 4. The van der Waals surface area contributed by atoms with Gasteiger partial charge in [-0.1, -0.05) is 74.8 Å². The highest BCUT2D eigenvalue weighted by Gasteiger charge is 2.39. The van der Waals surface area contributed by atoms with Gasteiger partial charge in [-0.2, -0.15) is 0 Å². The first-order chi connectivity index (χ1) is 19.9. The Kier molecular flexibility index (Phi) is 7.95. The summed E-state index contributed by atoms with van der Waals surface area (Å²) in [5, 5.41) is 24.3. The topological polar surface area (TPSA) is 116 Å². The summed E-state index contributed by atoms with van der Waals surface area (Å²) in [5.74, 6) is -2.68. The van der Waals surface area contributed by atoms with Gasteiger partial charge in [-0.05, 0) is 52.1 Å². The van der Waals surface area contributed by atoms with E-state index < -0.39 is 29.8 Å². The van der Waals surface area contributed by atoms with Crippen LogP contribution < -0.4 is 10.2 Å². The van der Waals surface area contributed by atoms with Gasteiger partial charge in [0.1, 0.15) is 23.5 Å². The molecule has 0 radical (unpaired) electrons. The monoisotopic (exact) mass is 586 g/mol. The van der Waals surface area contributed by atoms with Crippen molar-refractivity contribution in [3.8, 4) is 5.75 Å². The summed E-state index contributed by atoms with van der Waals surface area (Å²) in [7, 11) is 0. The minimum atomic E-state index is -1.29. The van der Waals surface area contributed by atoms with Gasteiger partial charge in [0, 0.05) is 34.6 Å². The molecule has 0 fully saturated rings. The predicted molar refractivity (Wildman–Crippen MR) is 162 cm³/mol. The second kappa shape index (κ2) is 11.5. The molecule has 5 rings (SSSR count). The molecule has 1 aliphatic heterocycles. The average Bonchev–Trinajstić information content (AvgIpc) is 3.02. The van der Waals surface area contributed by atoms with Crippen molar-refractivity contribution in [3.05, 3.63) is 101 Å². The van der Waals surface area contributed by atoms with Gasteiger partial charge in [0.2, 0.25) is 5.91 Å². The highest BCUT2D eigenvalue weighted by atomic mass is 35.5. The fourth-order valence-electron chi connectivity index (χ4n) is 5.23. The van der Waals surface area contributed by atoms with Crippen molar-refractivity contribution < 1.29 is 29.3 Å². The van der Waals surface area contributed by atoms with Gasteiger partial charge >= 0.3 is 5.97 Å². The van der Waals surface area contributed by atoms with E-state index in [0.717, 1.165) is 22.4 Å². The van der Waals surface area contributed by atoms with E-state index in [1.165, 1.54) is 12.1 Å². The number of amides is 2. The third-order valence-corrected chi connectivity index (χ3v) is 7.26. The SMILES string of the molecule is CC(C)(C)CN1C(=O)C(CC(=O)Nc2ccc(C(=O)O)c(O)c2)OC(c2cccc3ccccc23)c2cc(Cl)ccc21. The van der Waals surface area contributed by atoms with Crippen LogP contribution in [0.3, 0.4) is 0 Å². The number of carbonyl (C=O) groups excluding carboxylic acids is 2. The number of aromatic hydroxyl groups is 1. The summed E-state index contributed by atoms with van der Waals surface area (Å²) < 4.78 is 6.59. The van der Waals surface area contributed by atoms with Crippen LogP contribution in [0.5, 0.6) is 5.75 Å². The first-order valence-electron chi connectivity index (χ1n) is 13.5. The zero-order chi connectivity index (χ0) is 30.2. The molecule has 216 valence electrons. The summed E-state index contributed by atoms with van der Waals surface area (Å²) in [4.78, 5) is 40.3. The number of carboxylic acid groups (broad SMARTS) is 1. The highest BCUT2D eigenvalue weighted by Crippen LogP contribution is 2.42. The summed E-state index contributed by atoms with van der Waals surface area (Å²) in [6.45, 7) is 6.45. The maximum Gasteiger partial charge on any atom is 0.339 e. The zero-order valence-corrected chi connectivity index (χ0v) is 24.2. The van der Waals surface area contributed by atoms with E-state index >= 15 is 0 Å². The standard InChI is InChI=1S/C33H31ClN2O6/c1-33(2,3)18-36-26-14-11-20(34)15-25(26)30(23-10-6-8-19-7-4-5-9-22(19)23)42-28(31(36)39)17-29(38)35-21-12-13-24(32(40)41)27(37)16-21/h4-16,28,30,37H,17-18H2,1-3H3,(H,35,38)(H,40,41). The number of nitrogens with one attached hydrogen (secondary N) is 1. The molecular weight excluding hydrogens is 556 g/mol. The lowest BCUT2D eigenvalue weighted by molar-refractivity contribution is -0.136. The van der Waals surface area contributed by atoms with Gasteiger partial charge in [-0.3, -0.25) is 9.59 Å². The molecule has 1 heterocycles. The maximum atomic E-state index is 14.2. The number of aromatic carboxylic acids is 1. The molecule has 8 nitrogen and oxygen atoms in total. The summed E-state index contributed by atoms with van der Waals surface area (Å²) in [6, 6.07) is 22.9. The Morgan fingerprint density at radius 1 is 0.976 bits per heavy atom. The van der Waals surface area contributed by atoms with Gasteiger partial charge in [0.05, 0.1) is 6.42 Å². The van der Waals surface area contributed by atoms with Crippen LogP contribution in [-0.2, 0) is 14.3 Å². The Morgan fingerprint density at radius 2 is 1.71 bits per heavy atom. The molecule has 4 aromatic carbocycles. The largest absolute Gasteiger partial charge is 0.507 e. The molecule has 0 spiro atoms. The van der Waals surface area contributed by atoms with E-state index in [0.29, 0.717) is 22.8 Å². The van der Waals surface area contributed by atoms with Gasteiger partial charge in [-0.15, -0.1) is 0 Å². The van der Waals surface area contributed by atoms with E-state index in [1.54, 1.807) is 11.0 Å². The molecule has 0 aliphatic carbocycles. The number of anilines is 2. The minimum Gasteiger partial charge on any atom is -0.507 e. The molecule has 2 unspecified atom stereocenters. The Balaban J connectivity index is 1.56. The molecule has 3 N–H and O–H groups in total. The Hall–Kier alpha value is -4.40. The zero-order valence-electron chi connectivity index (χ0n) is 23.4. The molecule has 42 heavy (non-hydrogen) atoms. The highest BCUT2D eigenvalue weighted by molar-refractivity contribution is 6.30. The van der Waals surface area contributed by atoms with Crippen LogP contribution in [0.2, 0.25) is 5.02 Å². The number of nitrogens with zero attached hydrogens (tertiary/aromatic N) is 1. The lowest BCUT2D eigenvalue weighted by atomic mass is 9.93. The summed E-state index contributed by atoms with van der Waals surface area (Å²) >= 11 is 6.49. The second-order valence-corrected chi connectivity index (χ2v) is 12.0. The maximum absolute atomic E-state index is 14.2. The molecule has 9 heteroatoms. The molecule has 0 bridgehead atoms. The van der Waals surface area contributed by atoms with E-state index in [-0.39, 0.29) is 29.0 Å². The molecule has 4 aromatic rings. The molecule has 0 aromatic heterocycles. The van der Waals surface area contributed by atoms with Crippen LogP contribution in [0.25, 0.3) is 10.8 Å². The number of hydrogen-bond donors (Lipinski definition) is 3. The van der Waals surface area contributed by atoms with Crippen LogP contribution >= 0.6 is 11.6 Å². The molecule has 0 saturated heterocycles. The Morgan fingerprint density at radius 3 is 2.43 bits per heavy atom. The predicted octanol–water partition coefficient (Wildman–Crippen LogP) is 6.79. The van der Waals surface area contributed by atoms with Crippen molar-refractivity contribution in [3.63, 3.8) is 0 Å².